The van der Waals surface area contributed by atoms with Crippen LogP contribution in [0.1, 0.15) is 12.6 Å². The summed E-state index contributed by atoms with van der Waals surface area (Å²) in [4.78, 5) is 7.62. The van der Waals surface area contributed by atoms with Gasteiger partial charge in [-0.05, 0) is 70.1 Å². The van der Waals surface area contributed by atoms with Crippen LogP contribution in [0.15, 0.2) is 101 Å². The molecule has 0 aliphatic rings. The molecule has 5 aromatic carbocycles. The maximum Gasteiger partial charge on any atom is 2.00 e. The van der Waals surface area contributed by atoms with Crippen LogP contribution in [0, 0.1) is 0 Å². The van der Waals surface area contributed by atoms with E-state index in [1.165, 1.54) is 0 Å². The number of phenols is 1. The number of carbonyl (C=O) groups is 1. The van der Waals surface area contributed by atoms with E-state index in [1.807, 2.05) is 0 Å². The average molecular weight is 981 g/mol. The van der Waals surface area contributed by atoms with E-state index in [4.69, 9.17) is 0 Å². The number of rotatable bonds is 13. The number of nitrogens with zero attached hydrogens (tertiary/aromatic N) is 4. The van der Waals surface area contributed by atoms with Crippen molar-refractivity contribution < 1.29 is 107 Å². The number of nitrogens with one attached hydrogen (secondary N) is 1. The molecule has 0 aliphatic heterocycles. The number of carbonyl (C=O) groups excluding carboxylic acids is 1. The molecule has 2 N–H and O–H groups in total. The van der Waals surface area contributed by atoms with Gasteiger partial charge in [0.05, 0.1) is 49.0 Å². The Hall–Kier alpha value is -5.24. The average Bonchev–Trinajstić information content (AvgIpc) is 3.08. The molecule has 0 spiro atoms. The van der Waals surface area contributed by atoms with Crippen molar-refractivity contribution >= 4 is 106 Å². The van der Waals surface area contributed by atoms with E-state index in [0.29, 0.717) is 30.3 Å². The van der Waals surface area contributed by atoms with Gasteiger partial charge in [-0.3, -0.25) is 8.98 Å². The first-order valence-electron chi connectivity index (χ1n) is 15.3. The summed E-state index contributed by atoms with van der Waals surface area (Å²) >= 11 is 0. The molecule has 1 radical (unpaired) electrons. The molecule has 0 aliphatic carbocycles. The van der Waals surface area contributed by atoms with Crippen molar-refractivity contribution in [2.75, 3.05) is 17.7 Å². The van der Waals surface area contributed by atoms with Crippen molar-refractivity contribution in [2.45, 2.75) is 26.5 Å². The number of anilines is 1. The van der Waals surface area contributed by atoms with Crippen LogP contribution in [-0.4, -0.2) is 83.7 Å². The van der Waals surface area contributed by atoms with Crippen molar-refractivity contribution in [3.05, 3.63) is 60.7 Å². The van der Waals surface area contributed by atoms with E-state index in [2.05, 4.69) is 30.0 Å². The molecule has 0 unspecified atom stereocenters. The summed E-state index contributed by atoms with van der Waals surface area (Å²) in [5.41, 5.74) is -3.72. The van der Waals surface area contributed by atoms with Gasteiger partial charge in [0.15, 0.2) is 9.84 Å². The second-order valence-corrected chi connectivity index (χ2v) is 19.0. The number of azo groups is 2. The number of hydrogen-bond donors (Lipinski definition) is 2. The molecule has 0 saturated carbocycles. The predicted molar refractivity (Wildman–Crippen MR) is 194 cm³/mol. The summed E-state index contributed by atoms with van der Waals surface area (Å²) in [5.74, 6) is -5.40. The zero-order valence-corrected chi connectivity index (χ0v) is 34.1. The van der Waals surface area contributed by atoms with Gasteiger partial charge in [-0.1, -0.05) is 17.6 Å². The molecule has 5 rings (SSSR count). The van der Waals surface area contributed by atoms with Gasteiger partial charge in [-0.15, -0.1) is 15.3 Å². The second kappa shape index (κ2) is 17.0. The van der Waals surface area contributed by atoms with Crippen LogP contribution in [0.2, 0.25) is 0 Å². The molecular formula is C30H23CuN5O19S5. The second-order valence-electron chi connectivity index (χ2n) is 11.7. The van der Waals surface area contributed by atoms with Crippen LogP contribution < -0.4 is 15.5 Å². The van der Waals surface area contributed by atoms with E-state index >= 15 is 0 Å². The molecule has 60 heavy (non-hydrogen) atoms. The Bertz CT molecular complexity index is 3270. The third kappa shape index (κ3) is 10.7. The fraction of sp³-hybridized carbons (Fsp3) is 0.100. The molecule has 323 valence electrons. The van der Waals surface area contributed by atoms with Gasteiger partial charge >= 0.3 is 22.8 Å². The van der Waals surface area contributed by atoms with Gasteiger partial charge in [0.2, 0.25) is 16.3 Å². The Kier molecular flexibility index (Phi) is 13.5. The molecular weight excluding hydrogens is 958 g/mol. The van der Waals surface area contributed by atoms with Gasteiger partial charge in [0.25, 0.3) is 0 Å². The smallest absolute Gasteiger partial charge is 0.871 e. The van der Waals surface area contributed by atoms with Gasteiger partial charge in [0, 0.05) is 18.7 Å². The number of hydrogen-bond acceptors (Lipinski definition) is 23. The monoisotopic (exact) mass is 980 g/mol. The molecule has 0 aromatic heterocycles. The standard InChI is InChI=1S/C30H25N5O19S5.Cu/c1-14(36)31-22-12-19(56(42,43)44)9-16-11-25(58(48,49)50)28(30(39)26(16)22)34-32-17-2-4-20-15(8-17)10-24(57(45,46)47)27(29(20)38)35-33-21-5-3-18(13-23(21)37)55(40,41)7-6-54-59(51,52)53;/h2-5,8-13,37-39H,6-7H2,1H3,(H,31,36)(H,42,43,44)(H,45,46,47)(H,48,49,50)(H,51,52,53);/q;+2/p-2. The largest absolute Gasteiger partial charge is 2.00 e. The Labute approximate surface area is 354 Å². The van der Waals surface area contributed by atoms with Gasteiger partial charge in [0.1, 0.15) is 41.8 Å². The van der Waals surface area contributed by atoms with Crippen LogP contribution in [0.5, 0.6) is 17.2 Å². The molecule has 30 heteroatoms. The minimum absolute atomic E-state index is 0. The van der Waals surface area contributed by atoms with Gasteiger partial charge in [-0.2, -0.15) is 5.11 Å². The van der Waals surface area contributed by atoms with Crippen molar-refractivity contribution in [3.63, 3.8) is 0 Å². The Morgan fingerprint density at radius 2 is 1.28 bits per heavy atom. The number of benzene rings is 5. The van der Waals surface area contributed by atoms with Crippen LogP contribution in [0.4, 0.5) is 28.4 Å². The number of fused-ring (bicyclic) bond motifs is 2. The molecule has 0 atom stereocenters. The van der Waals surface area contributed by atoms with Gasteiger partial charge in [-0.25, -0.2) is 42.1 Å². The zero-order chi connectivity index (χ0) is 44.0. The number of aromatic hydroxyl groups is 1. The predicted octanol–water partition coefficient (Wildman–Crippen LogP) is 2.05. The molecule has 24 nitrogen and oxygen atoms in total. The van der Waals surface area contributed by atoms with E-state index < -0.39 is 139 Å². The molecule has 0 fully saturated rings. The van der Waals surface area contributed by atoms with Crippen molar-refractivity contribution in [1.29, 1.82) is 0 Å². The Balaban J connectivity index is 0.00000794. The summed E-state index contributed by atoms with van der Waals surface area (Å²) in [6, 6.07) is 7.62. The summed E-state index contributed by atoms with van der Waals surface area (Å²) in [5, 5.41) is 51.9. The zero-order valence-electron chi connectivity index (χ0n) is 33.1. The summed E-state index contributed by atoms with van der Waals surface area (Å²) in [6.45, 7) is -0.0982. The van der Waals surface area contributed by atoms with Crippen LogP contribution >= 0.6 is 0 Å². The van der Waals surface area contributed by atoms with Crippen molar-refractivity contribution in [2.24, 2.45) is 20.5 Å². The first-order chi connectivity index (χ1) is 27.1. The number of phenolic OH excluding ortho intramolecular Hbond substituents is 1. The summed E-state index contributed by atoms with van der Waals surface area (Å²) < 4.78 is 169. The van der Waals surface area contributed by atoms with E-state index in [1.54, 1.807) is 0 Å². The Morgan fingerprint density at radius 1 is 0.700 bits per heavy atom. The third-order valence-electron chi connectivity index (χ3n) is 7.67. The van der Waals surface area contributed by atoms with Gasteiger partial charge < -0.3 is 38.8 Å². The van der Waals surface area contributed by atoms with Crippen LogP contribution in [0.25, 0.3) is 21.5 Å². The fourth-order valence-electron chi connectivity index (χ4n) is 5.19. The minimum Gasteiger partial charge on any atom is -0.871 e. The first-order valence-corrected chi connectivity index (χ1v) is 22.5. The Morgan fingerprint density at radius 3 is 1.83 bits per heavy atom. The molecule has 0 saturated heterocycles. The van der Waals surface area contributed by atoms with E-state index in [0.717, 1.165) is 37.3 Å². The first kappa shape index (κ1) is 47.4. The molecule has 1 amide bonds. The maximum absolute atomic E-state index is 13.6. The fourth-order valence-corrected chi connectivity index (χ4v) is 8.51. The van der Waals surface area contributed by atoms with Crippen molar-refractivity contribution in [1.82, 2.24) is 0 Å². The molecule has 5 aromatic rings. The number of sulfone groups is 1. The van der Waals surface area contributed by atoms with E-state index in [-0.39, 0.29) is 39.2 Å². The molecule has 0 bridgehead atoms. The molecule has 0 heterocycles. The van der Waals surface area contributed by atoms with E-state index in [9.17, 15) is 80.4 Å². The topological polar surface area (TPSA) is 417 Å². The quantitative estimate of drug-likeness (QED) is 0.0737. The summed E-state index contributed by atoms with van der Waals surface area (Å²) in [6.07, 6.45) is 0. The third-order valence-corrected chi connectivity index (χ3v) is 12.3. The van der Waals surface area contributed by atoms with Crippen LogP contribution in [-0.2, 0) is 76.6 Å². The minimum atomic E-state index is -5.60. The number of amides is 1. The SMILES string of the molecule is CC(=O)Nc1cc(S(=O)(=O)[O-])cc2cc(S(=O)(=O)[O-])c(N=Nc3ccc4c([O-])c(N=Nc5ccc(S(=O)(=O)CCOS(=O)(=O)[O-])cc5O)c(S(=O)(=O)[O-])cc4c3)c([O-])c12.[Cu+2].[H+].[H+].[H+].[H+]. The summed E-state index contributed by atoms with van der Waals surface area (Å²) in [7, 11) is -26.0. The van der Waals surface area contributed by atoms with Crippen LogP contribution in [0.3, 0.4) is 0 Å². The normalized spacial score (nSPS) is 12.9. The van der Waals surface area contributed by atoms with Crippen molar-refractivity contribution in [3.8, 4) is 17.2 Å². The maximum atomic E-state index is 13.6.